The normalized spacial score (nSPS) is 25.2. The molecule has 0 saturated carbocycles. The minimum Gasteiger partial charge on any atom is -0.384 e. The molecule has 0 saturated heterocycles. The highest BCUT2D eigenvalue weighted by molar-refractivity contribution is 5.73. The molecular formula is C21H21F3N2. The number of hydrogen-bond donors (Lipinski definition) is 1. The maximum atomic E-state index is 13.1. The standard InChI is InChI=1S/C21H21F3N2/c1-14-9-11-26-13-16(7-8-19(14)26)18-6-3-10-25-20(18)15-4-2-5-17(12-15)21(22,23)24/h2,4-5,7-9,11-14,19,25H,3,6,10H2,1H3. The molecule has 136 valence electrons. The Balaban J connectivity index is 1.74. The largest absolute Gasteiger partial charge is 0.416 e. The lowest BCUT2D eigenvalue weighted by Crippen LogP contribution is -2.28. The summed E-state index contributed by atoms with van der Waals surface area (Å²) in [6.45, 7) is 2.95. The van der Waals surface area contributed by atoms with Crippen molar-refractivity contribution >= 4 is 5.70 Å². The van der Waals surface area contributed by atoms with Gasteiger partial charge < -0.3 is 10.2 Å². The summed E-state index contributed by atoms with van der Waals surface area (Å²) in [6, 6.07) is 5.92. The van der Waals surface area contributed by atoms with Crippen LogP contribution in [0, 0.1) is 5.92 Å². The molecule has 0 aliphatic carbocycles. The van der Waals surface area contributed by atoms with E-state index < -0.39 is 11.7 Å². The van der Waals surface area contributed by atoms with Crippen molar-refractivity contribution in [1.29, 1.82) is 0 Å². The van der Waals surface area contributed by atoms with Crippen LogP contribution in [-0.4, -0.2) is 17.5 Å². The van der Waals surface area contributed by atoms with Gasteiger partial charge in [0.15, 0.2) is 0 Å². The Morgan fingerprint density at radius 3 is 2.85 bits per heavy atom. The molecule has 1 aromatic carbocycles. The topological polar surface area (TPSA) is 15.3 Å². The van der Waals surface area contributed by atoms with Crippen LogP contribution in [0.15, 0.2) is 66.0 Å². The highest BCUT2D eigenvalue weighted by Gasteiger charge is 2.31. The van der Waals surface area contributed by atoms with Gasteiger partial charge in [-0.05, 0) is 41.7 Å². The van der Waals surface area contributed by atoms with Crippen LogP contribution >= 0.6 is 0 Å². The van der Waals surface area contributed by atoms with Gasteiger partial charge in [0.1, 0.15) is 0 Å². The third-order valence-electron chi connectivity index (χ3n) is 5.24. The van der Waals surface area contributed by atoms with Gasteiger partial charge in [-0.3, -0.25) is 0 Å². The van der Waals surface area contributed by atoms with Gasteiger partial charge in [0, 0.05) is 30.6 Å². The monoisotopic (exact) mass is 358 g/mol. The first kappa shape index (κ1) is 17.0. The highest BCUT2D eigenvalue weighted by atomic mass is 19.4. The molecule has 1 N–H and O–H groups in total. The SMILES string of the molecule is CC1C=CN2C=C(C3=C(c4cccc(C(F)(F)F)c4)NCCC3)C=CC12. The van der Waals surface area contributed by atoms with Gasteiger partial charge in [-0.1, -0.05) is 37.3 Å². The molecule has 3 heterocycles. The summed E-state index contributed by atoms with van der Waals surface area (Å²) in [5, 5.41) is 3.33. The molecule has 3 aliphatic rings. The summed E-state index contributed by atoms with van der Waals surface area (Å²) in [6.07, 6.45) is 8.16. The Hall–Kier alpha value is -2.43. The third-order valence-corrected chi connectivity index (χ3v) is 5.24. The Bertz CT molecular complexity index is 830. The second kappa shape index (κ2) is 6.38. The number of nitrogens with zero attached hydrogens (tertiary/aromatic N) is 1. The van der Waals surface area contributed by atoms with E-state index >= 15 is 0 Å². The predicted octanol–water partition coefficient (Wildman–Crippen LogP) is 5.09. The summed E-state index contributed by atoms with van der Waals surface area (Å²) in [4.78, 5) is 2.19. The minimum atomic E-state index is -4.33. The molecule has 0 spiro atoms. The van der Waals surface area contributed by atoms with Crippen LogP contribution in [0.2, 0.25) is 0 Å². The van der Waals surface area contributed by atoms with E-state index in [0.29, 0.717) is 17.5 Å². The Kier molecular flexibility index (Phi) is 4.17. The molecule has 26 heavy (non-hydrogen) atoms. The van der Waals surface area contributed by atoms with Crippen LogP contribution < -0.4 is 5.32 Å². The zero-order chi connectivity index (χ0) is 18.3. The average molecular weight is 358 g/mol. The number of rotatable bonds is 2. The molecule has 2 nitrogen and oxygen atoms in total. The Morgan fingerprint density at radius 1 is 1.19 bits per heavy atom. The first-order valence-corrected chi connectivity index (χ1v) is 8.94. The van der Waals surface area contributed by atoms with E-state index in [2.05, 4.69) is 47.8 Å². The molecule has 1 aromatic rings. The van der Waals surface area contributed by atoms with Gasteiger partial charge in [0.2, 0.25) is 0 Å². The Labute approximate surface area is 151 Å². The molecule has 3 aliphatic heterocycles. The third kappa shape index (κ3) is 3.06. The molecule has 2 atom stereocenters. The number of benzene rings is 1. The Morgan fingerprint density at radius 2 is 2.04 bits per heavy atom. The summed E-state index contributed by atoms with van der Waals surface area (Å²) in [7, 11) is 0. The minimum absolute atomic E-state index is 0.341. The lowest BCUT2D eigenvalue weighted by molar-refractivity contribution is -0.137. The number of nitrogens with one attached hydrogen (secondary N) is 1. The number of allylic oxidation sites excluding steroid dienone is 3. The maximum absolute atomic E-state index is 13.1. The van der Waals surface area contributed by atoms with E-state index in [9.17, 15) is 13.2 Å². The van der Waals surface area contributed by atoms with Crippen LogP contribution in [0.1, 0.15) is 30.9 Å². The zero-order valence-corrected chi connectivity index (χ0v) is 14.6. The van der Waals surface area contributed by atoms with Crippen molar-refractivity contribution in [2.75, 3.05) is 6.54 Å². The van der Waals surface area contributed by atoms with Crippen LogP contribution in [0.4, 0.5) is 13.2 Å². The van der Waals surface area contributed by atoms with Crippen LogP contribution in [0.5, 0.6) is 0 Å². The quantitative estimate of drug-likeness (QED) is 0.792. The summed E-state index contributed by atoms with van der Waals surface area (Å²) >= 11 is 0. The fourth-order valence-corrected chi connectivity index (χ4v) is 3.83. The van der Waals surface area contributed by atoms with Crippen LogP contribution in [0.25, 0.3) is 5.70 Å². The van der Waals surface area contributed by atoms with Crippen molar-refractivity contribution in [2.24, 2.45) is 5.92 Å². The molecule has 0 amide bonds. The van der Waals surface area contributed by atoms with Gasteiger partial charge in [-0.25, -0.2) is 0 Å². The number of alkyl halides is 3. The van der Waals surface area contributed by atoms with Crippen molar-refractivity contribution in [2.45, 2.75) is 32.0 Å². The molecule has 0 aromatic heterocycles. The van der Waals surface area contributed by atoms with Gasteiger partial charge in [-0.15, -0.1) is 0 Å². The van der Waals surface area contributed by atoms with Crippen molar-refractivity contribution in [3.05, 3.63) is 77.2 Å². The van der Waals surface area contributed by atoms with E-state index in [1.54, 1.807) is 6.07 Å². The summed E-state index contributed by atoms with van der Waals surface area (Å²) < 4.78 is 39.3. The average Bonchev–Trinajstić information content (AvgIpc) is 3.01. The molecule has 2 unspecified atom stereocenters. The molecular weight excluding hydrogens is 337 g/mol. The molecule has 0 bridgehead atoms. The van der Waals surface area contributed by atoms with Crippen LogP contribution in [-0.2, 0) is 6.18 Å². The highest BCUT2D eigenvalue weighted by Crippen LogP contribution is 2.36. The molecule has 0 fully saturated rings. The van der Waals surface area contributed by atoms with E-state index in [1.165, 1.54) is 12.1 Å². The second-order valence-electron chi connectivity index (χ2n) is 7.04. The lowest BCUT2D eigenvalue weighted by Gasteiger charge is -2.30. The summed E-state index contributed by atoms with van der Waals surface area (Å²) in [5.41, 5.74) is 2.95. The fraction of sp³-hybridized carbons (Fsp3) is 0.333. The van der Waals surface area contributed by atoms with E-state index in [0.717, 1.165) is 42.3 Å². The van der Waals surface area contributed by atoms with Crippen molar-refractivity contribution in [3.8, 4) is 0 Å². The molecule has 4 rings (SSSR count). The first-order valence-electron chi connectivity index (χ1n) is 8.94. The van der Waals surface area contributed by atoms with E-state index in [4.69, 9.17) is 0 Å². The predicted molar refractivity (Wildman–Crippen MR) is 96.8 cm³/mol. The lowest BCUT2D eigenvalue weighted by atomic mass is 9.90. The number of hydrogen-bond acceptors (Lipinski definition) is 2. The van der Waals surface area contributed by atoms with Crippen LogP contribution in [0.3, 0.4) is 0 Å². The number of halogens is 3. The van der Waals surface area contributed by atoms with Gasteiger partial charge in [-0.2, -0.15) is 13.2 Å². The maximum Gasteiger partial charge on any atom is 0.416 e. The van der Waals surface area contributed by atoms with Gasteiger partial charge >= 0.3 is 6.18 Å². The van der Waals surface area contributed by atoms with E-state index in [-0.39, 0.29) is 0 Å². The van der Waals surface area contributed by atoms with Gasteiger partial charge in [0.25, 0.3) is 0 Å². The zero-order valence-electron chi connectivity index (χ0n) is 14.6. The molecule has 0 radical (unpaired) electrons. The first-order chi connectivity index (χ1) is 12.4. The fourth-order valence-electron chi connectivity index (χ4n) is 3.83. The van der Waals surface area contributed by atoms with Crippen molar-refractivity contribution in [1.82, 2.24) is 10.2 Å². The smallest absolute Gasteiger partial charge is 0.384 e. The summed E-state index contributed by atoms with van der Waals surface area (Å²) in [5.74, 6) is 0.463. The van der Waals surface area contributed by atoms with Gasteiger partial charge in [0.05, 0.1) is 11.6 Å². The number of fused-ring (bicyclic) bond motifs is 1. The second-order valence-corrected chi connectivity index (χ2v) is 7.04. The van der Waals surface area contributed by atoms with Crippen molar-refractivity contribution < 1.29 is 13.2 Å². The molecule has 5 heteroatoms. The van der Waals surface area contributed by atoms with E-state index in [1.807, 2.05) is 0 Å². The van der Waals surface area contributed by atoms with Crippen molar-refractivity contribution in [3.63, 3.8) is 0 Å².